The number of carbonyl (C=O) groups excluding carboxylic acids is 1. The van der Waals surface area contributed by atoms with E-state index in [1.165, 1.54) is 41.3 Å². The minimum Gasteiger partial charge on any atom is -0.405 e. The third-order valence-electron chi connectivity index (χ3n) is 2.81. The van der Waals surface area contributed by atoms with E-state index in [4.69, 9.17) is 0 Å². The second-order valence-corrected chi connectivity index (χ2v) is 6.96. The Bertz CT molecular complexity index is 752. The van der Waals surface area contributed by atoms with Crippen LogP contribution < -0.4 is 15.4 Å². The molecule has 6 nitrogen and oxygen atoms in total. The van der Waals surface area contributed by atoms with Gasteiger partial charge in [0.15, 0.2) is 4.34 Å². The predicted molar refractivity (Wildman–Crippen MR) is 94.3 cm³/mol. The van der Waals surface area contributed by atoms with Crippen LogP contribution in [0.2, 0.25) is 0 Å². The number of nitrogens with zero attached hydrogens (tertiary/aromatic N) is 2. The van der Waals surface area contributed by atoms with Gasteiger partial charge in [-0.3, -0.25) is 4.79 Å². The number of carbonyl (C=O) groups is 1. The third-order valence-corrected chi connectivity index (χ3v) is 4.82. The number of hydrogen-bond acceptors (Lipinski definition) is 7. The van der Waals surface area contributed by atoms with Gasteiger partial charge in [0.25, 0.3) is 0 Å². The van der Waals surface area contributed by atoms with E-state index in [1.807, 2.05) is 0 Å². The molecule has 11 heteroatoms. The smallest absolute Gasteiger partial charge is 0.405 e. The molecule has 0 aliphatic heterocycles. The molecule has 0 saturated carbocycles. The summed E-state index contributed by atoms with van der Waals surface area (Å²) in [4.78, 5) is 11.9. The molecule has 1 aromatic heterocycles. The average molecular weight is 404 g/mol. The molecule has 26 heavy (non-hydrogen) atoms. The number of anilines is 1. The number of rotatable bonds is 9. The molecule has 0 aliphatic rings. The zero-order valence-electron chi connectivity index (χ0n) is 13.4. The van der Waals surface area contributed by atoms with Crippen molar-refractivity contribution in [2.24, 2.45) is 0 Å². The summed E-state index contributed by atoms with van der Waals surface area (Å²) in [5.74, 6) is -0.610. The van der Waals surface area contributed by atoms with Gasteiger partial charge < -0.3 is 15.4 Å². The molecule has 0 fully saturated rings. The maximum absolute atomic E-state index is 12.4. The third kappa shape index (κ3) is 6.92. The molecule has 2 aromatic rings. The van der Waals surface area contributed by atoms with Crippen molar-refractivity contribution in [3.63, 3.8) is 0 Å². The van der Waals surface area contributed by atoms with Gasteiger partial charge >= 0.3 is 6.36 Å². The van der Waals surface area contributed by atoms with Gasteiger partial charge in [0, 0.05) is 18.7 Å². The van der Waals surface area contributed by atoms with Gasteiger partial charge in [0.2, 0.25) is 11.0 Å². The minimum atomic E-state index is -4.79. The summed E-state index contributed by atoms with van der Waals surface area (Å²) in [6.07, 6.45) is -3.10. The first-order valence-corrected chi connectivity index (χ1v) is 9.09. The molecule has 0 bridgehead atoms. The van der Waals surface area contributed by atoms with Crippen LogP contribution in [0, 0.1) is 0 Å². The molecule has 1 amide bonds. The van der Waals surface area contributed by atoms with Crippen molar-refractivity contribution >= 4 is 34.1 Å². The number of aromatic nitrogens is 2. The van der Waals surface area contributed by atoms with Crippen LogP contribution in [0.4, 0.5) is 18.3 Å². The SMILES string of the molecule is C=CCNc1nnc(SCC(=O)NCc2ccccc2OC(F)(F)F)s1. The van der Waals surface area contributed by atoms with E-state index in [-0.39, 0.29) is 29.5 Å². The zero-order chi connectivity index (χ0) is 19.0. The van der Waals surface area contributed by atoms with E-state index in [1.54, 1.807) is 12.1 Å². The van der Waals surface area contributed by atoms with Crippen molar-refractivity contribution < 1.29 is 22.7 Å². The molecular formula is C15H15F3N4O2S2. The first-order valence-electron chi connectivity index (χ1n) is 7.29. The van der Waals surface area contributed by atoms with Gasteiger partial charge in [-0.1, -0.05) is 47.4 Å². The van der Waals surface area contributed by atoms with Gasteiger partial charge in [0.05, 0.1) is 5.75 Å². The fourth-order valence-corrected chi connectivity index (χ4v) is 3.33. The summed E-state index contributed by atoms with van der Waals surface area (Å²) in [7, 11) is 0. The highest BCUT2D eigenvalue weighted by Crippen LogP contribution is 2.27. The van der Waals surface area contributed by atoms with Gasteiger partial charge in [-0.2, -0.15) is 0 Å². The Morgan fingerprint density at radius 1 is 1.35 bits per heavy atom. The van der Waals surface area contributed by atoms with E-state index in [9.17, 15) is 18.0 Å². The standard InChI is InChI=1S/C15H15F3N4O2S2/c1-2-7-19-13-21-22-14(26-13)25-9-12(23)20-8-10-5-3-4-6-11(10)24-15(16,17)18/h2-6H,1,7-9H2,(H,19,21)(H,20,23). The van der Waals surface area contributed by atoms with Gasteiger partial charge in [-0.15, -0.1) is 29.9 Å². The lowest BCUT2D eigenvalue weighted by atomic mass is 10.2. The van der Waals surface area contributed by atoms with Crippen molar-refractivity contribution in [3.8, 4) is 5.75 Å². The highest BCUT2D eigenvalue weighted by atomic mass is 32.2. The molecule has 2 N–H and O–H groups in total. The topological polar surface area (TPSA) is 76.1 Å². The highest BCUT2D eigenvalue weighted by molar-refractivity contribution is 8.01. The minimum absolute atomic E-state index is 0.0678. The largest absolute Gasteiger partial charge is 0.573 e. The lowest BCUT2D eigenvalue weighted by molar-refractivity contribution is -0.274. The normalized spacial score (nSPS) is 11.0. The number of amides is 1. The summed E-state index contributed by atoms with van der Waals surface area (Å²) >= 11 is 2.48. The molecule has 0 spiro atoms. The first kappa shape index (κ1) is 20.0. The van der Waals surface area contributed by atoms with E-state index >= 15 is 0 Å². The van der Waals surface area contributed by atoms with Crippen molar-refractivity contribution in [2.45, 2.75) is 17.2 Å². The summed E-state index contributed by atoms with van der Waals surface area (Å²) < 4.78 is 41.7. The number of para-hydroxylation sites is 1. The number of hydrogen-bond donors (Lipinski definition) is 2. The van der Waals surface area contributed by atoms with Crippen molar-refractivity contribution in [2.75, 3.05) is 17.6 Å². The molecule has 0 aliphatic carbocycles. The van der Waals surface area contributed by atoms with E-state index in [0.717, 1.165) is 0 Å². The van der Waals surface area contributed by atoms with Crippen LogP contribution in [0.1, 0.15) is 5.56 Å². The molecule has 140 valence electrons. The zero-order valence-corrected chi connectivity index (χ0v) is 15.0. The van der Waals surface area contributed by atoms with Crippen LogP contribution >= 0.6 is 23.1 Å². The summed E-state index contributed by atoms with van der Waals surface area (Å²) in [5.41, 5.74) is 0.231. The Balaban J connectivity index is 1.82. The Kier molecular flexibility index (Phi) is 7.27. The van der Waals surface area contributed by atoms with Gasteiger partial charge in [0.1, 0.15) is 5.75 Å². The Hall–Kier alpha value is -2.27. The van der Waals surface area contributed by atoms with Crippen LogP contribution in [-0.2, 0) is 11.3 Å². The number of benzene rings is 1. The molecule has 1 heterocycles. The van der Waals surface area contributed by atoms with E-state index < -0.39 is 6.36 Å². The van der Waals surface area contributed by atoms with Crippen molar-refractivity contribution in [1.29, 1.82) is 0 Å². The first-order chi connectivity index (χ1) is 12.4. The monoisotopic (exact) mass is 404 g/mol. The lowest BCUT2D eigenvalue weighted by Gasteiger charge is -2.13. The quantitative estimate of drug-likeness (QED) is 0.493. The highest BCUT2D eigenvalue weighted by Gasteiger charge is 2.31. The molecule has 2 rings (SSSR count). The summed E-state index contributed by atoms with van der Waals surface area (Å²) in [5, 5.41) is 14.0. The predicted octanol–water partition coefficient (Wildman–Crippen LogP) is 3.44. The number of nitrogens with one attached hydrogen (secondary N) is 2. The van der Waals surface area contributed by atoms with E-state index in [0.29, 0.717) is 16.0 Å². The molecule has 0 radical (unpaired) electrons. The second-order valence-electron chi connectivity index (χ2n) is 4.76. The molecule has 0 unspecified atom stereocenters. The van der Waals surface area contributed by atoms with Crippen LogP contribution in [0.5, 0.6) is 5.75 Å². The number of thioether (sulfide) groups is 1. The molecule has 0 atom stereocenters. The lowest BCUT2D eigenvalue weighted by Crippen LogP contribution is -2.25. The van der Waals surface area contributed by atoms with Gasteiger partial charge in [-0.05, 0) is 6.07 Å². The van der Waals surface area contributed by atoms with Crippen LogP contribution in [0.3, 0.4) is 0 Å². The van der Waals surface area contributed by atoms with Crippen LogP contribution in [0.25, 0.3) is 0 Å². The maximum atomic E-state index is 12.4. The Labute approximate surface area is 155 Å². The number of halogens is 3. The Morgan fingerprint density at radius 3 is 2.85 bits per heavy atom. The fourth-order valence-electron chi connectivity index (χ4n) is 1.75. The summed E-state index contributed by atoms with van der Waals surface area (Å²) in [6, 6.07) is 5.65. The maximum Gasteiger partial charge on any atom is 0.573 e. The van der Waals surface area contributed by atoms with E-state index in [2.05, 4.69) is 32.1 Å². The van der Waals surface area contributed by atoms with Crippen molar-refractivity contribution in [3.05, 3.63) is 42.5 Å². The molecule has 0 saturated heterocycles. The van der Waals surface area contributed by atoms with Crippen molar-refractivity contribution in [1.82, 2.24) is 15.5 Å². The second kappa shape index (κ2) is 9.43. The Morgan fingerprint density at radius 2 is 2.12 bits per heavy atom. The van der Waals surface area contributed by atoms with Crippen LogP contribution in [0.15, 0.2) is 41.3 Å². The van der Waals surface area contributed by atoms with Gasteiger partial charge in [-0.25, -0.2) is 0 Å². The molecular weight excluding hydrogens is 389 g/mol. The summed E-state index contributed by atoms with van der Waals surface area (Å²) in [6.45, 7) is 4.06. The number of alkyl halides is 3. The molecule has 1 aromatic carbocycles. The average Bonchev–Trinajstić information content (AvgIpc) is 3.04. The number of ether oxygens (including phenoxy) is 1. The van der Waals surface area contributed by atoms with Crippen LogP contribution in [-0.4, -0.2) is 34.8 Å². The fraction of sp³-hybridized carbons (Fsp3) is 0.267.